The van der Waals surface area contributed by atoms with E-state index in [4.69, 9.17) is 21.3 Å². The third-order valence-corrected chi connectivity index (χ3v) is 2.55. The molecule has 1 aromatic carbocycles. The molecule has 0 bridgehead atoms. The van der Waals surface area contributed by atoms with Crippen molar-refractivity contribution in [3.05, 3.63) is 34.3 Å². The Morgan fingerprint density at radius 1 is 1.53 bits per heavy atom. The van der Waals surface area contributed by atoms with Crippen LogP contribution in [0, 0.1) is 17.1 Å². The Bertz CT molecular complexity index is 568. The number of nitriles is 1. The molecule has 2 rings (SSSR count). The first-order valence-electron chi connectivity index (χ1n) is 4.48. The smallest absolute Gasteiger partial charge is 0.208 e. The fourth-order valence-electron chi connectivity index (χ4n) is 1.62. The van der Waals surface area contributed by atoms with Crippen molar-refractivity contribution in [3.63, 3.8) is 0 Å². The van der Waals surface area contributed by atoms with Gasteiger partial charge < -0.3 is 4.42 Å². The van der Waals surface area contributed by atoms with Crippen molar-refractivity contribution in [1.82, 2.24) is 0 Å². The zero-order valence-electron chi connectivity index (χ0n) is 7.97. The fraction of sp³-hybridized carbons (Fsp3) is 0.182. The number of halogens is 2. The minimum absolute atomic E-state index is 0.196. The second-order valence-electron chi connectivity index (χ2n) is 3.14. The molecule has 0 radical (unpaired) electrons. The first kappa shape index (κ1) is 10.0. The molecule has 0 fully saturated rings. The molecule has 0 saturated heterocycles. The van der Waals surface area contributed by atoms with E-state index in [0.29, 0.717) is 23.0 Å². The van der Waals surface area contributed by atoms with E-state index < -0.39 is 5.82 Å². The fourth-order valence-corrected chi connectivity index (χ4v) is 1.86. The summed E-state index contributed by atoms with van der Waals surface area (Å²) in [5.41, 5.74) is 1.08. The average molecular weight is 224 g/mol. The molecule has 76 valence electrons. The number of hydrogen-bond donors (Lipinski definition) is 0. The van der Waals surface area contributed by atoms with Crippen LogP contribution in [0.5, 0.6) is 0 Å². The van der Waals surface area contributed by atoms with Crippen LogP contribution in [0.4, 0.5) is 4.39 Å². The molecule has 0 saturated carbocycles. The molecule has 0 unspecified atom stereocenters. The van der Waals surface area contributed by atoms with Crippen molar-refractivity contribution >= 4 is 22.6 Å². The molecule has 0 N–H and O–H groups in total. The number of benzene rings is 1. The molecule has 0 atom stereocenters. The third kappa shape index (κ3) is 1.47. The van der Waals surface area contributed by atoms with Gasteiger partial charge in [0, 0.05) is 10.9 Å². The Balaban J connectivity index is 2.90. The standard InChI is InChI=1S/C11H7ClFNO/c1-2-7-8-3-6(13)4-9(12)11(8)15-10(7)5-14/h3-4H,2H2,1H3. The average Bonchev–Trinajstić information content (AvgIpc) is 2.55. The van der Waals surface area contributed by atoms with Gasteiger partial charge in [0.05, 0.1) is 5.02 Å². The Morgan fingerprint density at radius 3 is 2.87 bits per heavy atom. The van der Waals surface area contributed by atoms with Crippen molar-refractivity contribution in [1.29, 1.82) is 5.26 Å². The lowest BCUT2D eigenvalue weighted by atomic mass is 10.1. The lowest BCUT2D eigenvalue weighted by molar-refractivity contribution is 0.592. The molecule has 4 heteroatoms. The molecular weight excluding hydrogens is 217 g/mol. The van der Waals surface area contributed by atoms with Crippen LogP contribution in [0.1, 0.15) is 18.2 Å². The summed E-state index contributed by atoms with van der Waals surface area (Å²) < 4.78 is 18.4. The van der Waals surface area contributed by atoms with E-state index in [9.17, 15) is 4.39 Å². The first-order valence-corrected chi connectivity index (χ1v) is 4.85. The summed E-state index contributed by atoms with van der Waals surface area (Å²) in [6.45, 7) is 1.88. The SMILES string of the molecule is CCc1c(C#N)oc2c(Cl)cc(F)cc12. The van der Waals surface area contributed by atoms with Gasteiger partial charge in [-0.15, -0.1) is 0 Å². The highest BCUT2D eigenvalue weighted by Gasteiger charge is 2.15. The summed E-state index contributed by atoms with van der Waals surface area (Å²) in [5.74, 6) is -0.215. The normalized spacial score (nSPS) is 10.5. The van der Waals surface area contributed by atoms with E-state index in [1.54, 1.807) is 0 Å². The molecule has 0 spiro atoms. The quantitative estimate of drug-likeness (QED) is 0.740. The highest BCUT2D eigenvalue weighted by atomic mass is 35.5. The summed E-state index contributed by atoms with van der Waals surface area (Å²) in [7, 11) is 0. The number of furan rings is 1. The summed E-state index contributed by atoms with van der Waals surface area (Å²) in [4.78, 5) is 0. The van der Waals surface area contributed by atoms with Gasteiger partial charge in [-0.05, 0) is 18.6 Å². The molecule has 1 aromatic heterocycles. The van der Waals surface area contributed by atoms with Gasteiger partial charge in [-0.25, -0.2) is 4.39 Å². The van der Waals surface area contributed by atoms with E-state index in [2.05, 4.69) is 0 Å². The molecule has 0 aliphatic heterocycles. The minimum atomic E-state index is -0.424. The first-order chi connectivity index (χ1) is 7.17. The van der Waals surface area contributed by atoms with E-state index in [-0.39, 0.29) is 10.8 Å². The summed E-state index contributed by atoms with van der Waals surface area (Å²) in [6.07, 6.45) is 0.607. The van der Waals surface area contributed by atoms with Gasteiger partial charge >= 0.3 is 0 Å². The van der Waals surface area contributed by atoms with Gasteiger partial charge in [0.25, 0.3) is 0 Å². The zero-order valence-corrected chi connectivity index (χ0v) is 8.73. The van der Waals surface area contributed by atoms with E-state index >= 15 is 0 Å². The van der Waals surface area contributed by atoms with Crippen molar-refractivity contribution in [3.8, 4) is 6.07 Å². The number of aryl methyl sites for hydroxylation is 1. The van der Waals surface area contributed by atoms with Crippen LogP contribution in [0.2, 0.25) is 5.02 Å². The summed E-state index contributed by atoms with van der Waals surface area (Å²) >= 11 is 5.82. The highest BCUT2D eigenvalue weighted by molar-refractivity contribution is 6.35. The van der Waals surface area contributed by atoms with Crippen LogP contribution >= 0.6 is 11.6 Å². The van der Waals surface area contributed by atoms with Crippen LogP contribution in [0.3, 0.4) is 0 Å². The minimum Gasteiger partial charge on any atom is -0.444 e. The van der Waals surface area contributed by atoms with Crippen molar-refractivity contribution in [2.45, 2.75) is 13.3 Å². The predicted molar refractivity (Wildman–Crippen MR) is 55.3 cm³/mol. The largest absolute Gasteiger partial charge is 0.444 e. The molecule has 15 heavy (non-hydrogen) atoms. The predicted octanol–water partition coefficient (Wildman–Crippen LogP) is 3.66. The number of rotatable bonds is 1. The Kier molecular flexibility index (Phi) is 2.37. The van der Waals surface area contributed by atoms with Crippen LogP contribution < -0.4 is 0 Å². The monoisotopic (exact) mass is 223 g/mol. The third-order valence-electron chi connectivity index (χ3n) is 2.27. The van der Waals surface area contributed by atoms with E-state index in [1.165, 1.54) is 12.1 Å². The van der Waals surface area contributed by atoms with E-state index in [0.717, 1.165) is 0 Å². The molecule has 1 heterocycles. The second kappa shape index (κ2) is 3.56. The molecular formula is C11H7ClFNO. The maximum absolute atomic E-state index is 13.1. The Labute approximate surface area is 90.9 Å². The van der Waals surface area contributed by atoms with Crippen molar-refractivity contribution < 1.29 is 8.81 Å². The van der Waals surface area contributed by atoms with Gasteiger partial charge in [-0.2, -0.15) is 5.26 Å². The van der Waals surface area contributed by atoms with Gasteiger partial charge in [-0.1, -0.05) is 18.5 Å². The van der Waals surface area contributed by atoms with Crippen LogP contribution in [-0.4, -0.2) is 0 Å². The highest BCUT2D eigenvalue weighted by Crippen LogP contribution is 2.32. The van der Waals surface area contributed by atoms with Crippen molar-refractivity contribution in [2.75, 3.05) is 0 Å². The molecule has 2 nitrogen and oxygen atoms in total. The van der Waals surface area contributed by atoms with Crippen molar-refractivity contribution in [2.24, 2.45) is 0 Å². The summed E-state index contributed by atoms with van der Waals surface area (Å²) in [5, 5.41) is 9.61. The molecule has 0 amide bonds. The number of fused-ring (bicyclic) bond motifs is 1. The topological polar surface area (TPSA) is 36.9 Å². The lowest BCUT2D eigenvalue weighted by Crippen LogP contribution is -1.82. The Hall–Kier alpha value is -1.53. The molecule has 0 aliphatic carbocycles. The zero-order chi connectivity index (χ0) is 11.0. The number of nitrogens with zero attached hydrogens (tertiary/aromatic N) is 1. The number of hydrogen-bond acceptors (Lipinski definition) is 2. The van der Waals surface area contributed by atoms with Crippen LogP contribution in [0.15, 0.2) is 16.5 Å². The molecule has 0 aliphatic rings. The maximum Gasteiger partial charge on any atom is 0.208 e. The van der Waals surface area contributed by atoms with E-state index in [1.807, 2.05) is 13.0 Å². The second-order valence-corrected chi connectivity index (χ2v) is 3.55. The van der Waals surface area contributed by atoms with Gasteiger partial charge in [0.2, 0.25) is 5.76 Å². The van der Waals surface area contributed by atoms with Gasteiger partial charge in [0.15, 0.2) is 5.58 Å². The molecule has 2 aromatic rings. The lowest BCUT2D eigenvalue weighted by Gasteiger charge is -1.94. The van der Waals surface area contributed by atoms with Crippen LogP contribution in [-0.2, 0) is 6.42 Å². The maximum atomic E-state index is 13.1. The summed E-state index contributed by atoms with van der Waals surface area (Å²) in [6, 6.07) is 4.45. The Morgan fingerprint density at radius 2 is 2.27 bits per heavy atom. The van der Waals surface area contributed by atoms with Gasteiger partial charge in [-0.3, -0.25) is 0 Å². The van der Waals surface area contributed by atoms with Gasteiger partial charge in [0.1, 0.15) is 11.9 Å². The van der Waals surface area contributed by atoms with Crippen LogP contribution in [0.25, 0.3) is 11.0 Å².